The van der Waals surface area contributed by atoms with Gasteiger partial charge in [0.05, 0.1) is 31.7 Å². The van der Waals surface area contributed by atoms with Gasteiger partial charge in [-0.15, -0.1) is 11.8 Å². The van der Waals surface area contributed by atoms with Gasteiger partial charge in [-0.1, -0.05) is 37.6 Å². The second-order valence-corrected chi connectivity index (χ2v) is 10.1. The zero-order valence-corrected chi connectivity index (χ0v) is 22.3. The summed E-state index contributed by atoms with van der Waals surface area (Å²) < 4.78 is 16.5. The Hall–Kier alpha value is -2.90. The molecule has 0 aliphatic carbocycles. The number of nitrogens with zero attached hydrogens (tertiary/aromatic N) is 2. The molecule has 0 N–H and O–H groups in total. The quantitative estimate of drug-likeness (QED) is 0.281. The van der Waals surface area contributed by atoms with Crippen molar-refractivity contribution in [2.24, 2.45) is 0 Å². The summed E-state index contributed by atoms with van der Waals surface area (Å²) in [5.41, 5.74) is 4.73. The van der Waals surface area contributed by atoms with Crippen LogP contribution in [0.25, 0.3) is 16.7 Å². The Morgan fingerprint density at radius 2 is 1.86 bits per heavy atom. The van der Waals surface area contributed by atoms with Crippen molar-refractivity contribution in [1.82, 2.24) is 4.90 Å². The van der Waals surface area contributed by atoms with Gasteiger partial charge in [0.25, 0.3) is 0 Å². The number of fused-ring (bicyclic) bond motifs is 1. The molecule has 0 saturated carbocycles. The fraction of sp³-hybridized carbons (Fsp3) is 0.414. The first-order valence-electron chi connectivity index (χ1n) is 12.6. The maximum Gasteiger partial charge on any atom is 0.338 e. The van der Waals surface area contributed by atoms with Crippen molar-refractivity contribution < 1.29 is 19.0 Å². The first-order valence-corrected chi connectivity index (χ1v) is 13.6. The molecule has 0 unspecified atom stereocenters. The molecule has 0 saturated heterocycles. The predicted molar refractivity (Wildman–Crippen MR) is 148 cm³/mol. The van der Waals surface area contributed by atoms with E-state index in [0.717, 1.165) is 73.0 Å². The minimum atomic E-state index is -0.297. The summed E-state index contributed by atoms with van der Waals surface area (Å²) in [6, 6.07) is 14.5. The maximum atomic E-state index is 12.7. The number of carbonyl (C=O) groups is 1. The Kier molecular flexibility index (Phi) is 9.36. The summed E-state index contributed by atoms with van der Waals surface area (Å²) in [6.45, 7) is 5.75. The third-order valence-corrected chi connectivity index (χ3v) is 7.41. The second kappa shape index (κ2) is 12.9. The van der Waals surface area contributed by atoms with Crippen LogP contribution >= 0.6 is 11.8 Å². The maximum absolute atomic E-state index is 12.7. The van der Waals surface area contributed by atoms with E-state index in [1.54, 1.807) is 0 Å². The second-order valence-electron chi connectivity index (χ2n) is 9.02. The van der Waals surface area contributed by atoms with Crippen molar-refractivity contribution in [3.63, 3.8) is 0 Å². The lowest BCUT2D eigenvalue weighted by molar-refractivity contribution is -0.133. The number of hydrogen-bond acceptors (Lipinski definition) is 7. The van der Waals surface area contributed by atoms with Gasteiger partial charge in [-0.2, -0.15) is 0 Å². The third kappa shape index (κ3) is 6.65. The molecule has 192 valence electrons. The summed E-state index contributed by atoms with van der Waals surface area (Å²) in [4.78, 5) is 18.6. The fourth-order valence-electron chi connectivity index (χ4n) is 4.36. The number of ether oxygens (including phenoxy) is 3. The van der Waals surface area contributed by atoms with Crippen LogP contribution in [-0.2, 0) is 14.3 Å². The van der Waals surface area contributed by atoms with Crippen LogP contribution in [-0.4, -0.2) is 63.8 Å². The average Bonchev–Trinajstić information content (AvgIpc) is 3.23. The molecule has 36 heavy (non-hydrogen) atoms. The summed E-state index contributed by atoms with van der Waals surface area (Å²) >= 11 is 1.87. The molecule has 2 aromatic carbocycles. The molecular weight excluding hydrogens is 472 g/mol. The van der Waals surface area contributed by atoms with Gasteiger partial charge >= 0.3 is 5.97 Å². The number of esters is 1. The van der Waals surface area contributed by atoms with E-state index in [1.807, 2.05) is 30.0 Å². The largest absolute Gasteiger partial charge is 0.491 e. The van der Waals surface area contributed by atoms with Crippen LogP contribution in [0.2, 0.25) is 0 Å². The lowest BCUT2D eigenvalue weighted by Crippen LogP contribution is -2.26. The lowest BCUT2D eigenvalue weighted by atomic mass is 9.97. The molecule has 4 rings (SSSR count). The van der Waals surface area contributed by atoms with Crippen LogP contribution in [0.3, 0.4) is 0 Å². The molecule has 2 aliphatic rings. The zero-order valence-electron chi connectivity index (χ0n) is 21.5. The molecule has 0 radical (unpaired) electrons. The first-order chi connectivity index (χ1) is 17.6. The normalized spacial score (nSPS) is 15.2. The third-order valence-electron chi connectivity index (χ3n) is 6.27. The highest BCUT2D eigenvalue weighted by atomic mass is 32.2. The summed E-state index contributed by atoms with van der Waals surface area (Å²) in [5, 5.41) is 0. The van der Waals surface area contributed by atoms with E-state index in [2.05, 4.69) is 60.3 Å². The number of unbranched alkanes of at least 4 members (excludes halogenated alkanes) is 1. The van der Waals surface area contributed by atoms with Gasteiger partial charge in [0, 0.05) is 42.6 Å². The fourth-order valence-corrected chi connectivity index (χ4v) is 5.31. The van der Waals surface area contributed by atoms with Gasteiger partial charge in [0.15, 0.2) is 0 Å². The summed E-state index contributed by atoms with van der Waals surface area (Å²) in [6.07, 6.45) is 7.22. The van der Waals surface area contributed by atoms with Crippen molar-refractivity contribution in [3.8, 4) is 16.9 Å². The number of hydrogen-bond donors (Lipinski definition) is 0. The number of thioether (sulfide) groups is 1. The Balaban J connectivity index is 1.53. The number of carbonyl (C=O) groups excluding carboxylic acids is 1. The first kappa shape index (κ1) is 26.2. The number of rotatable bonds is 11. The van der Waals surface area contributed by atoms with E-state index in [-0.39, 0.29) is 5.97 Å². The SMILES string of the molecule is CCCCOCCOc1ccc(-c2ccc3c(c2)C(C(=O)OC)=CCCN3CC2=CN(C)CS2)cc1. The van der Waals surface area contributed by atoms with Crippen molar-refractivity contribution in [3.05, 3.63) is 65.2 Å². The van der Waals surface area contributed by atoms with E-state index in [4.69, 9.17) is 14.2 Å². The van der Waals surface area contributed by atoms with E-state index >= 15 is 0 Å². The molecule has 6 nitrogen and oxygen atoms in total. The van der Waals surface area contributed by atoms with Crippen LogP contribution in [0.5, 0.6) is 5.75 Å². The van der Waals surface area contributed by atoms with Crippen molar-refractivity contribution in [1.29, 1.82) is 0 Å². The molecule has 2 aliphatic heterocycles. The molecule has 0 aromatic heterocycles. The monoisotopic (exact) mass is 508 g/mol. The molecule has 7 heteroatoms. The Bertz CT molecular complexity index is 1100. The molecule has 2 aromatic rings. The molecule has 0 amide bonds. The molecule has 0 bridgehead atoms. The molecular formula is C29H36N2O4S. The van der Waals surface area contributed by atoms with Crippen molar-refractivity contribution in [2.45, 2.75) is 26.2 Å². The van der Waals surface area contributed by atoms with Gasteiger partial charge in [0.1, 0.15) is 12.4 Å². The topological polar surface area (TPSA) is 51.2 Å². The number of benzene rings is 2. The minimum absolute atomic E-state index is 0.297. The highest BCUT2D eigenvalue weighted by Crippen LogP contribution is 2.37. The van der Waals surface area contributed by atoms with E-state index in [1.165, 1.54) is 12.0 Å². The van der Waals surface area contributed by atoms with Gasteiger partial charge in [-0.3, -0.25) is 0 Å². The van der Waals surface area contributed by atoms with Crippen LogP contribution in [0.15, 0.2) is 59.6 Å². The van der Waals surface area contributed by atoms with Crippen LogP contribution in [0.1, 0.15) is 31.7 Å². The van der Waals surface area contributed by atoms with E-state index in [0.29, 0.717) is 18.8 Å². The molecule has 0 atom stereocenters. The van der Waals surface area contributed by atoms with Gasteiger partial charge in [-0.25, -0.2) is 4.79 Å². The Labute approximate surface area is 218 Å². The highest BCUT2D eigenvalue weighted by molar-refractivity contribution is 8.03. The van der Waals surface area contributed by atoms with E-state index < -0.39 is 0 Å². The van der Waals surface area contributed by atoms with E-state index in [9.17, 15) is 4.79 Å². The van der Waals surface area contributed by atoms with Crippen LogP contribution in [0, 0.1) is 0 Å². The van der Waals surface area contributed by atoms with Gasteiger partial charge in [-0.05, 0) is 48.2 Å². The van der Waals surface area contributed by atoms with Gasteiger partial charge in [0.2, 0.25) is 0 Å². The van der Waals surface area contributed by atoms with Gasteiger partial charge < -0.3 is 24.0 Å². The Morgan fingerprint density at radius 1 is 1.06 bits per heavy atom. The number of methoxy groups -OCH3 is 1. The molecule has 0 fully saturated rings. The average molecular weight is 509 g/mol. The lowest BCUT2D eigenvalue weighted by Gasteiger charge is -2.26. The predicted octanol–water partition coefficient (Wildman–Crippen LogP) is 5.79. The summed E-state index contributed by atoms with van der Waals surface area (Å²) in [5.74, 6) is 1.50. The van der Waals surface area contributed by atoms with Crippen molar-refractivity contribution in [2.75, 3.05) is 57.8 Å². The van der Waals surface area contributed by atoms with Crippen LogP contribution < -0.4 is 9.64 Å². The smallest absolute Gasteiger partial charge is 0.338 e. The number of anilines is 1. The molecule has 2 heterocycles. The summed E-state index contributed by atoms with van der Waals surface area (Å²) in [7, 11) is 3.54. The highest BCUT2D eigenvalue weighted by Gasteiger charge is 2.24. The van der Waals surface area contributed by atoms with Crippen molar-refractivity contribution >= 4 is 29.0 Å². The standard InChI is InChI=1S/C29H36N2O4S/c1-4-5-15-34-16-17-35-24-11-8-22(9-12-24)23-10-13-28-27(18-23)26(29(32)33-3)7-6-14-31(28)20-25-19-30(2)21-36-25/h7-13,18-19H,4-6,14-17,20-21H2,1-3H3. The zero-order chi connectivity index (χ0) is 25.3. The minimum Gasteiger partial charge on any atom is -0.491 e. The van der Waals surface area contributed by atoms with Crippen LogP contribution in [0.4, 0.5) is 5.69 Å². The Morgan fingerprint density at radius 3 is 2.58 bits per heavy atom. The molecule has 0 spiro atoms.